The van der Waals surface area contributed by atoms with Crippen molar-refractivity contribution in [1.82, 2.24) is 10.2 Å². The van der Waals surface area contributed by atoms with E-state index in [-0.39, 0.29) is 31.1 Å². The van der Waals surface area contributed by atoms with E-state index in [1.807, 2.05) is 24.3 Å². The lowest BCUT2D eigenvalue weighted by atomic mass is 9.98. The average molecular weight is 479 g/mol. The molecule has 2 aromatic carbocycles. The molecule has 8 heteroatoms. The van der Waals surface area contributed by atoms with E-state index in [0.717, 1.165) is 11.1 Å². The van der Waals surface area contributed by atoms with Crippen LogP contribution in [0.25, 0.3) is 11.1 Å². The van der Waals surface area contributed by atoms with Crippen LogP contribution in [-0.2, 0) is 19.1 Å². The topological polar surface area (TPSA) is 105 Å². The number of alkyl carbamates (subject to hydrolysis) is 1. The summed E-state index contributed by atoms with van der Waals surface area (Å²) < 4.78 is 11.4. The largest absolute Gasteiger partial charge is 0.480 e. The minimum absolute atomic E-state index is 0.0121. The second-order valence-electron chi connectivity index (χ2n) is 9.70. The average Bonchev–Trinajstić information content (AvgIpc) is 3.57. The second-order valence-corrected chi connectivity index (χ2v) is 9.70. The Labute approximate surface area is 204 Å². The van der Waals surface area contributed by atoms with Crippen LogP contribution in [-0.4, -0.2) is 65.4 Å². The standard InChI is InChI=1S/C27H30N2O6/c1-27(25(31)32)13-6-14-29(27)24(30)23-12-11-17(35-23)15-28-26(33)34-16-22-20-9-4-2-7-18(20)19-8-3-5-10-21(19)22/h2-5,7-10,17,22-23H,6,11-16H2,1H3,(H,28,33)(H,31,32)/t17?,23?,27-/m1/s1. The summed E-state index contributed by atoms with van der Waals surface area (Å²) >= 11 is 0. The van der Waals surface area contributed by atoms with Crippen LogP contribution in [0.1, 0.15) is 49.7 Å². The molecule has 2 aliphatic heterocycles. The maximum absolute atomic E-state index is 12.9. The van der Waals surface area contributed by atoms with Crippen LogP contribution >= 0.6 is 0 Å². The maximum Gasteiger partial charge on any atom is 0.407 e. The summed E-state index contributed by atoms with van der Waals surface area (Å²) in [6.45, 7) is 2.47. The van der Waals surface area contributed by atoms with Gasteiger partial charge in [-0.1, -0.05) is 48.5 Å². The molecule has 35 heavy (non-hydrogen) atoms. The second kappa shape index (κ2) is 9.34. The zero-order chi connectivity index (χ0) is 24.6. The molecule has 0 aromatic heterocycles. The minimum Gasteiger partial charge on any atom is -0.480 e. The number of likely N-dealkylation sites (tertiary alicyclic amines) is 1. The van der Waals surface area contributed by atoms with Crippen LogP contribution < -0.4 is 5.32 Å². The molecule has 0 bridgehead atoms. The number of carbonyl (C=O) groups excluding carboxylic acids is 2. The summed E-state index contributed by atoms with van der Waals surface area (Å²) in [5, 5.41) is 12.3. The van der Waals surface area contributed by atoms with Gasteiger partial charge >= 0.3 is 12.1 Å². The van der Waals surface area contributed by atoms with E-state index in [4.69, 9.17) is 9.47 Å². The number of carboxylic acid groups (broad SMARTS) is 1. The fraction of sp³-hybridized carbons (Fsp3) is 0.444. The summed E-state index contributed by atoms with van der Waals surface area (Å²) in [4.78, 5) is 38.5. The first-order valence-corrected chi connectivity index (χ1v) is 12.2. The van der Waals surface area contributed by atoms with Crippen LogP contribution in [0.2, 0.25) is 0 Å². The molecule has 2 amide bonds. The Balaban J connectivity index is 1.12. The predicted octanol–water partition coefficient (Wildman–Crippen LogP) is 3.54. The lowest BCUT2D eigenvalue weighted by molar-refractivity contribution is -0.160. The molecule has 0 radical (unpaired) electrons. The van der Waals surface area contributed by atoms with Crippen molar-refractivity contribution in [2.24, 2.45) is 0 Å². The predicted molar refractivity (Wildman–Crippen MR) is 128 cm³/mol. The van der Waals surface area contributed by atoms with E-state index in [1.165, 1.54) is 16.0 Å². The number of carbonyl (C=O) groups is 3. The normalized spacial score (nSPS) is 25.2. The molecule has 184 valence electrons. The van der Waals surface area contributed by atoms with Crippen molar-refractivity contribution in [3.05, 3.63) is 59.7 Å². The number of nitrogens with zero attached hydrogens (tertiary/aromatic N) is 1. The molecule has 8 nitrogen and oxygen atoms in total. The van der Waals surface area contributed by atoms with Gasteiger partial charge in [0.2, 0.25) is 0 Å². The monoisotopic (exact) mass is 478 g/mol. The molecule has 1 aliphatic carbocycles. The van der Waals surface area contributed by atoms with Gasteiger partial charge in [0.25, 0.3) is 5.91 Å². The van der Waals surface area contributed by atoms with Gasteiger partial charge in [-0.05, 0) is 54.9 Å². The number of amides is 2. The first kappa shape index (κ1) is 23.4. The van der Waals surface area contributed by atoms with E-state index in [2.05, 4.69) is 29.6 Å². The number of benzene rings is 2. The number of rotatable bonds is 6. The lowest BCUT2D eigenvalue weighted by Crippen LogP contribution is -2.53. The fourth-order valence-corrected chi connectivity index (χ4v) is 5.60. The highest BCUT2D eigenvalue weighted by Crippen LogP contribution is 2.44. The van der Waals surface area contributed by atoms with Gasteiger partial charge in [-0.25, -0.2) is 9.59 Å². The van der Waals surface area contributed by atoms with Crippen molar-refractivity contribution >= 4 is 18.0 Å². The number of nitrogens with one attached hydrogen (secondary N) is 1. The first-order valence-electron chi connectivity index (χ1n) is 12.2. The summed E-state index contributed by atoms with van der Waals surface area (Å²) in [5.41, 5.74) is 3.46. The molecule has 2 aromatic rings. The van der Waals surface area contributed by atoms with Crippen molar-refractivity contribution in [3.8, 4) is 11.1 Å². The summed E-state index contributed by atoms with van der Waals surface area (Å²) in [6, 6.07) is 16.3. The van der Waals surface area contributed by atoms with Gasteiger partial charge in [-0.3, -0.25) is 4.79 Å². The Morgan fingerprint density at radius 3 is 2.40 bits per heavy atom. The Bertz CT molecular complexity index is 1100. The Morgan fingerprint density at radius 2 is 1.74 bits per heavy atom. The van der Waals surface area contributed by atoms with E-state index >= 15 is 0 Å². The highest BCUT2D eigenvalue weighted by atomic mass is 16.6. The third-order valence-electron chi connectivity index (χ3n) is 7.57. The van der Waals surface area contributed by atoms with Crippen molar-refractivity contribution in [1.29, 1.82) is 0 Å². The highest BCUT2D eigenvalue weighted by Gasteiger charge is 2.48. The molecule has 2 N–H and O–H groups in total. The number of hydrogen-bond donors (Lipinski definition) is 2. The number of fused-ring (bicyclic) bond motifs is 3. The van der Waals surface area contributed by atoms with Gasteiger partial charge in [-0.2, -0.15) is 0 Å². The summed E-state index contributed by atoms with van der Waals surface area (Å²) in [7, 11) is 0. The zero-order valence-electron chi connectivity index (χ0n) is 19.7. The molecule has 3 aliphatic rings. The maximum atomic E-state index is 12.9. The van der Waals surface area contributed by atoms with Gasteiger partial charge in [-0.15, -0.1) is 0 Å². The third kappa shape index (κ3) is 4.27. The number of carboxylic acids is 1. The Kier molecular flexibility index (Phi) is 6.23. The molecular weight excluding hydrogens is 448 g/mol. The van der Waals surface area contributed by atoms with Crippen LogP contribution in [0.4, 0.5) is 4.79 Å². The number of aliphatic carboxylic acids is 1. The van der Waals surface area contributed by atoms with Crippen molar-refractivity contribution in [2.75, 3.05) is 19.7 Å². The Hall–Kier alpha value is -3.39. The minimum atomic E-state index is -1.18. The summed E-state index contributed by atoms with van der Waals surface area (Å²) in [5.74, 6) is -1.28. The molecule has 2 unspecified atom stereocenters. The smallest absolute Gasteiger partial charge is 0.407 e. The van der Waals surface area contributed by atoms with Gasteiger partial charge in [0, 0.05) is 19.0 Å². The third-order valence-corrected chi connectivity index (χ3v) is 7.57. The number of hydrogen-bond acceptors (Lipinski definition) is 5. The fourth-order valence-electron chi connectivity index (χ4n) is 5.60. The van der Waals surface area contributed by atoms with Crippen molar-refractivity contribution in [3.63, 3.8) is 0 Å². The molecule has 2 heterocycles. The van der Waals surface area contributed by atoms with Crippen LogP contribution in [0.15, 0.2) is 48.5 Å². The number of ether oxygens (including phenoxy) is 2. The van der Waals surface area contributed by atoms with E-state index in [1.54, 1.807) is 6.92 Å². The molecule has 5 rings (SSSR count). The van der Waals surface area contributed by atoms with E-state index in [0.29, 0.717) is 32.2 Å². The summed E-state index contributed by atoms with van der Waals surface area (Å²) in [6.07, 6.45) is 0.689. The van der Waals surface area contributed by atoms with Gasteiger partial charge in [0.05, 0.1) is 6.10 Å². The van der Waals surface area contributed by atoms with Crippen LogP contribution in [0.5, 0.6) is 0 Å². The lowest BCUT2D eigenvalue weighted by Gasteiger charge is -2.33. The molecule has 2 fully saturated rings. The van der Waals surface area contributed by atoms with E-state index in [9.17, 15) is 19.5 Å². The highest BCUT2D eigenvalue weighted by molar-refractivity contribution is 5.89. The molecule has 0 saturated carbocycles. The quantitative estimate of drug-likeness (QED) is 0.658. The first-order chi connectivity index (χ1) is 16.9. The van der Waals surface area contributed by atoms with Crippen molar-refractivity contribution < 1.29 is 29.0 Å². The Morgan fingerprint density at radius 1 is 1.09 bits per heavy atom. The van der Waals surface area contributed by atoms with E-state index < -0.39 is 23.7 Å². The molecular formula is C27H30N2O6. The molecule has 0 spiro atoms. The van der Waals surface area contributed by atoms with Gasteiger partial charge in [0.1, 0.15) is 18.2 Å². The van der Waals surface area contributed by atoms with Crippen LogP contribution in [0, 0.1) is 0 Å². The van der Waals surface area contributed by atoms with Crippen LogP contribution in [0.3, 0.4) is 0 Å². The molecule has 2 saturated heterocycles. The van der Waals surface area contributed by atoms with Gasteiger partial charge < -0.3 is 24.8 Å². The molecule has 3 atom stereocenters. The van der Waals surface area contributed by atoms with Gasteiger partial charge in [0.15, 0.2) is 0 Å². The van der Waals surface area contributed by atoms with Crippen molar-refractivity contribution in [2.45, 2.75) is 56.3 Å². The zero-order valence-corrected chi connectivity index (χ0v) is 19.7. The SMILES string of the molecule is C[C@]1(C(=O)O)CCCN1C(=O)C1CCC(CNC(=O)OCC2c3ccccc3-c3ccccc32)O1.